The fraction of sp³-hybridized carbons (Fsp3) is 0.136. The van der Waals surface area contributed by atoms with Crippen LogP contribution >= 0.6 is 0 Å². The van der Waals surface area contributed by atoms with E-state index in [1.807, 2.05) is 35.1 Å². The number of sulfonamides is 1. The lowest BCUT2D eigenvalue weighted by Crippen LogP contribution is -2.37. The fourth-order valence-corrected chi connectivity index (χ4v) is 4.61. The van der Waals surface area contributed by atoms with Crippen LogP contribution in [0.4, 0.5) is 0 Å². The minimum Gasteiger partial charge on any atom is -0.293 e. The number of carbonyl (C=O) groups excluding carboxylic acids is 1. The molecule has 0 aliphatic heterocycles. The average molecular weight is 436 g/mol. The number of nitrogens with one attached hydrogen (secondary N) is 2. The minimum absolute atomic E-state index is 0.147. The summed E-state index contributed by atoms with van der Waals surface area (Å²) in [7, 11) is -4.00. The third-order valence-electron chi connectivity index (χ3n) is 4.88. The van der Waals surface area contributed by atoms with Gasteiger partial charge >= 0.3 is 0 Å². The van der Waals surface area contributed by atoms with Crippen molar-refractivity contribution in [3.63, 3.8) is 0 Å². The van der Waals surface area contributed by atoms with Crippen molar-refractivity contribution in [1.82, 2.24) is 19.3 Å². The predicted octanol–water partition coefficient (Wildman–Crippen LogP) is 2.57. The molecule has 0 saturated heterocycles. The highest BCUT2D eigenvalue weighted by Crippen LogP contribution is 2.26. The second-order valence-corrected chi connectivity index (χ2v) is 8.91. The van der Waals surface area contributed by atoms with Gasteiger partial charge in [0.25, 0.3) is 11.5 Å². The quantitative estimate of drug-likeness (QED) is 0.499. The topological polar surface area (TPSA) is 113 Å². The van der Waals surface area contributed by atoms with Gasteiger partial charge < -0.3 is 0 Å². The van der Waals surface area contributed by atoms with Crippen LogP contribution in [0.25, 0.3) is 16.8 Å². The number of fused-ring (bicyclic) bond motifs is 1. The van der Waals surface area contributed by atoms with Crippen molar-refractivity contribution in [2.45, 2.75) is 19.6 Å². The zero-order valence-corrected chi connectivity index (χ0v) is 17.7. The monoisotopic (exact) mass is 436 g/mol. The molecule has 8 nitrogen and oxygen atoms in total. The second kappa shape index (κ2) is 7.84. The molecule has 4 rings (SSSR count). The Balaban J connectivity index is 1.73. The maximum Gasteiger partial charge on any atom is 0.285 e. The number of aromatic amines is 1. The molecule has 1 amide bonds. The maximum atomic E-state index is 13.1. The van der Waals surface area contributed by atoms with Gasteiger partial charge in [-0.3, -0.25) is 14.7 Å². The summed E-state index contributed by atoms with van der Waals surface area (Å²) >= 11 is 0. The molecule has 0 spiro atoms. The summed E-state index contributed by atoms with van der Waals surface area (Å²) in [5.41, 5.74) is 2.36. The maximum absolute atomic E-state index is 13.1. The van der Waals surface area contributed by atoms with Crippen molar-refractivity contribution >= 4 is 21.6 Å². The molecule has 2 N–H and O–H groups in total. The summed E-state index contributed by atoms with van der Waals surface area (Å²) in [6.45, 7) is 3.31. The second-order valence-electron chi connectivity index (χ2n) is 7.19. The van der Waals surface area contributed by atoms with E-state index in [0.29, 0.717) is 16.9 Å². The molecule has 2 heterocycles. The van der Waals surface area contributed by atoms with Gasteiger partial charge in [0.15, 0.2) is 5.65 Å². The SMILES string of the molecule is Cc1nc2c(-c3ccccc3)c(C)[nH]n2c(=O)c1C(=O)NS(=O)(=O)Cc1ccccc1. The Labute approximate surface area is 178 Å². The highest BCUT2D eigenvalue weighted by Gasteiger charge is 2.25. The van der Waals surface area contributed by atoms with Crippen LogP contribution in [0.5, 0.6) is 0 Å². The number of amides is 1. The van der Waals surface area contributed by atoms with Crippen molar-refractivity contribution in [3.8, 4) is 11.1 Å². The van der Waals surface area contributed by atoms with Gasteiger partial charge in [-0.05, 0) is 25.0 Å². The zero-order chi connectivity index (χ0) is 22.2. The molecule has 0 saturated carbocycles. The zero-order valence-electron chi connectivity index (χ0n) is 16.9. The molecule has 0 aliphatic rings. The van der Waals surface area contributed by atoms with Crippen LogP contribution < -0.4 is 10.3 Å². The first-order valence-electron chi connectivity index (χ1n) is 9.53. The predicted molar refractivity (Wildman–Crippen MR) is 117 cm³/mol. The Bertz CT molecular complexity index is 1440. The number of carbonyl (C=O) groups is 1. The number of rotatable bonds is 5. The Morgan fingerprint density at radius 1 is 1.03 bits per heavy atom. The van der Waals surface area contributed by atoms with Gasteiger partial charge in [-0.2, -0.15) is 0 Å². The molecule has 0 unspecified atom stereocenters. The van der Waals surface area contributed by atoms with Crippen LogP contribution in [0.2, 0.25) is 0 Å². The van der Waals surface area contributed by atoms with Crippen molar-refractivity contribution in [1.29, 1.82) is 0 Å². The number of hydrogen-bond donors (Lipinski definition) is 2. The summed E-state index contributed by atoms with van der Waals surface area (Å²) in [6, 6.07) is 17.9. The lowest BCUT2D eigenvalue weighted by molar-refractivity contribution is 0.0978. The third kappa shape index (κ3) is 3.99. The van der Waals surface area contributed by atoms with Gasteiger partial charge in [-0.15, -0.1) is 0 Å². The number of aromatic nitrogens is 3. The summed E-state index contributed by atoms with van der Waals surface area (Å²) in [6.07, 6.45) is 0. The van der Waals surface area contributed by atoms with E-state index >= 15 is 0 Å². The van der Waals surface area contributed by atoms with E-state index in [0.717, 1.165) is 11.1 Å². The first-order valence-corrected chi connectivity index (χ1v) is 11.2. The summed E-state index contributed by atoms with van der Waals surface area (Å²) in [4.78, 5) is 30.3. The molecule has 158 valence electrons. The molecule has 2 aromatic heterocycles. The molecule has 31 heavy (non-hydrogen) atoms. The highest BCUT2D eigenvalue weighted by atomic mass is 32.2. The fourth-order valence-electron chi connectivity index (χ4n) is 3.52. The summed E-state index contributed by atoms with van der Waals surface area (Å²) in [5, 5.41) is 2.93. The molecule has 0 aliphatic carbocycles. The smallest absolute Gasteiger partial charge is 0.285 e. The molecule has 0 atom stereocenters. The van der Waals surface area contributed by atoms with Crippen molar-refractivity contribution in [2.75, 3.05) is 0 Å². The summed E-state index contributed by atoms with van der Waals surface area (Å²) in [5.74, 6) is -1.39. The van der Waals surface area contributed by atoms with Gasteiger partial charge in [0, 0.05) is 11.3 Å². The van der Waals surface area contributed by atoms with Crippen LogP contribution in [-0.2, 0) is 15.8 Å². The molecular weight excluding hydrogens is 416 g/mol. The van der Waals surface area contributed by atoms with Crippen LogP contribution in [0.3, 0.4) is 0 Å². The van der Waals surface area contributed by atoms with Crippen LogP contribution in [-0.4, -0.2) is 28.9 Å². The van der Waals surface area contributed by atoms with Gasteiger partial charge in [0.2, 0.25) is 10.0 Å². The van der Waals surface area contributed by atoms with E-state index in [4.69, 9.17) is 0 Å². The van der Waals surface area contributed by atoms with Gasteiger partial charge in [-0.25, -0.2) is 22.6 Å². The lowest BCUT2D eigenvalue weighted by atomic mass is 10.1. The number of benzene rings is 2. The third-order valence-corrected chi connectivity index (χ3v) is 6.09. The van der Waals surface area contributed by atoms with Crippen LogP contribution in [0.15, 0.2) is 65.5 Å². The van der Waals surface area contributed by atoms with Gasteiger partial charge in [0.05, 0.1) is 11.4 Å². The average Bonchev–Trinajstić information content (AvgIpc) is 3.04. The van der Waals surface area contributed by atoms with Crippen molar-refractivity contribution < 1.29 is 13.2 Å². The van der Waals surface area contributed by atoms with E-state index in [9.17, 15) is 18.0 Å². The number of nitrogens with zero attached hydrogens (tertiary/aromatic N) is 2. The first-order chi connectivity index (χ1) is 14.8. The van der Waals surface area contributed by atoms with E-state index in [-0.39, 0.29) is 17.0 Å². The molecule has 9 heteroatoms. The Kier molecular flexibility index (Phi) is 5.20. The van der Waals surface area contributed by atoms with Crippen LogP contribution in [0, 0.1) is 13.8 Å². The Hall–Kier alpha value is -3.72. The molecule has 0 radical (unpaired) electrons. The van der Waals surface area contributed by atoms with E-state index in [1.54, 1.807) is 37.3 Å². The number of hydrogen-bond acceptors (Lipinski definition) is 5. The molecule has 0 fully saturated rings. The van der Waals surface area contributed by atoms with E-state index < -0.39 is 21.5 Å². The minimum atomic E-state index is -4.00. The van der Waals surface area contributed by atoms with Gasteiger partial charge in [0.1, 0.15) is 5.56 Å². The van der Waals surface area contributed by atoms with Crippen molar-refractivity contribution in [3.05, 3.63) is 93.5 Å². The van der Waals surface area contributed by atoms with E-state index in [1.165, 1.54) is 11.4 Å². The molecule has 4 aromatic rings. The van der Waals surface area contributed by atoms with Gasteiger partial charge in [-0.1, -0.05) is 60.7 Å². The number of H-pyrrole nitrogens is 1. The molecule has 0 bridgehead atoms. The highest BCUT2D eigenvalue weighted by molar-refractivity contribution is 7.89. The first kappa shape index (κ1) is 20.5. The number of aryl methyl sites for hydroxylation is 2. The van der Waals surface area contributed by atoms with Crippen LogP contribution in [0.1, 0.15) is 27.3 Å². The lowest BCUT2D eigenvalue weighted by Gasteiger charge is -2.09. The molecular formula is C22H20N4O4S. The standard InChI is InChI=1S/C22H20N4O4S/c1-14-19(21(27)25-31(29,30)13-16-9-5-3-6-10-16)22(28)26-20(23-14)18(15(2)24-26)17-11-7-4-8-12-17/h3-12,24H,13H2,1-2H3,(H,25,27). The van der Waals surface area contributed by atoms with E-state index in [2.05, 4.69) is 10.1 Å². The van der Waals surface area contributed by atoms with Crippen molar-refractivity contribution in [2.24, 2.45) is 0 Å². The molecule has 2 aromatic carbocycles. The Morgan fingerprint density at radius 2 is 1.65 bits per heavy atom. The normalized spacial score (nSPS) is 11.5. The summed E-state index contributed by atoms with van der Waals surface area (Å²) < 4.78 is 28.0. The Morgan fingerprint density at radius 3 is 2.29 bits per heavy atom. The largest absolute Gasteiger partial charge is 0.293 e.